The Morgan fingerprint density at radius 2 is 1.63 bits per heavy atom. The predicted molar refractivity (Wildman–Crippen MR) is 81.1 cm³/mol. The minimum atomic E-state index is -0.0706. The maximum Gasteiger partial charge on any atom is 0.126 e. The molecule has 108 valence electrons. The van der Waals surface area contributed by atoms with Crippen molar-refractivity contribution in [1.29, 1.82) is 0 Å². The van der Waals surface area contributed by atoms with Crippen molar-refractivity contribution in [3.8, 4) is 0 Å². The van der Waals surface area contributed by atoms with E-state index in [-0.39, 0.29) is 11.7 Å². The molecule has 0 aromatic heterocycles. The van der Waals surface area contributed by atoms with Gasteiger partial charge in [0.15, 0.2) is 0 Å². The van der Waals surface area contributed by atoms with Gasteiger partial charge in [-0.25, -0.2) is 4.39 Å². The Kier molecular flexibility index (Phi) is 5.99. The van der Waals surface area contributed by atoms with Crippen molar-refractivity contribution in [2.75, 3.05) is 6.54 Å². The van der Waals surface area contributed by atoms with E-state index >= 15 is 0 Å². The normalized spacial score (nSPS) is 13.6. The Bertz CT molecular complexity index is 390. The van der Waals surface area contributed by atoms with E-state index < -0.39 is 0 Å². The van der Waals surface area contributed by atoms with E-state index in [0.29, 0.717) is 12.1 Å². The Balaban J connectivity index is 2.69. The first-order chi connectivity index (χ1) is 8.82. The lowest BCUT2D eigenvalue weighted by atomic mass is 9.95. The molecule has 0 N–H and O–H groups in total. The predicted octanol–water partition coefficient (Wildman–Crippen LogP) is 4.75. The summed E-state index contributed by atoms with van der Waals surface area (Å²) in [5.41, 5.74) is 1.99. The maximum absolute atomic E-state index is 13.8. The summed E-state index contributed by atoms with van der Waals surface area (Å²) < 4.78 is 13.8. The van der Waals surface area contributed by atoms with Gasteiger partial charge in [-0.3, -0.25) is 4.90 Å². The van der Waals surface area contributed by atoms with Crippen molar-refractivity contribution >= 4 is 0 Å². The highest BCUT2D eigenvalue weighted by Gasteiger charge is 2.16. The summed E-state index contributed by atoms with van der Waals surface area (Å²) in [6.07, 6.45) is 0.997. The van der Waals surface area contributed by atoms with Crippen LogP contribution in [0.3, 0.4) is 0 Å². The number of hydrogen-bond acceptors (Lipinski definition) is 1. The minimum Gasteiger partial charge on any atom is -0.299 e. The zero-order valence-electron chi connectivity index (χ0n) is 13.2. The first kappa shape index (κ1) is 16.2. The van der Waals surface area contributed by atoms with Gasteiger partial charge in [-0.05, 0) is 65.1 Å². The summed E-state index contributed by atoms with van der Waals surface area (Å²) in [7, 11) is 0. The molecule has 0 amide bonds. The summed E-state index contributed by atoms with van der Waals surface area (Å²) in [6.45, 7) is 14.0. The topological polar surface area (TPSA) is 3.24 Å². The SMILES string of the molecule is Cc1ccc(F)c([C@@H](C)CCN(C(C)C)C(C)C)c1. The van der Waals surface area contributed by atoms with Gasteiger partial charge in [0.1, 0.15) is 5.82 Å². The fourth-order valence-corrected chi connectivity index (χ4v) is 2.65. The highest BCUT2D eigenvalue weighted by atomic mass is 19.1. The zero-order valence-corrected chi connectivity index (χ0v) is 13.2. The van der Waals surface area contributed by atoms with Gasteiger partial charge in [0.2, 0.25) is 0 Å². The third-order valence-electron chi connectivity index (χ3n) is 3.83. The second-order valence-corrected chi connectivity index (χ2v) is 6.14. The van der Waals surface area contributed by atoms with Crippen molar-refractivity contribution in [1.82, 2.24) is 4.90 Å². The number of nitrogens with zero attached hydrogens (tertiary/aromatic N) is 1. The Morgan fingerprint density at radius 1 is 1.05 bits per heavy atom. The summed E-state index contributed by atoms with van der Waals surface area (Å²) in [6, 6.07) is 6.48. The van der Waals surface area contributed by atoms with E-state index in [9.17, 15) is 4.39 Å². The average molecular weight is 265 g/mol. The molecule has 1 aromatic rings. The molecule has 0 saturated heterocycles. The van der Waals surface area contributed by atoms with Crippen LogP contribution in [0.2, 0.25) is 0 Å². The van der Waals surface area contributed by atoms with Crippen LogP contribution in [0.15, 0.2) is 18.2 Å². The van der Waals surface area contributed by atoms with Gasteiger partial charge in [0.25, 0.3) is 0 Å². The number of aryl methyl sites for hydroxylation is 1. The van der Waals surface area contributed by atoms with Crippen LogP contribution in [0.1, 0.15) is 58.1 Å². The van der Waals surface area contributed by atoms with Crippen molar-refractivity contribution in [2.45, 2.75) is 66.0 Å². The number of benzene rings is 1. The molecule has 2 heteroatoms. The molecule has 0 aliphatic carbocycles. The summed E-state index contributed by atoms with van der Waals surface area (Å²) in [5, 5.41) is 0. The first-order valence-electron chi connectivity index (χ1n) is 7.34. The molecule has 0 spiro atoms. The van der Waals surface area contributed by atoms with Gasteiger partial charge in [0, 0.05) is 12.1 Å². The molecule has 0 saturated carbocycles. The van der Waals surface area contributed by atoms with Gasteiger partial charge >= 0.3 is 0 Å². The molecule has 19 heavy (non-hydrogen) atoms. The van der Waals surface area contributed by atoms with E-state index in [1.165, 1.54) is 0 Å². The molecule has 1 aromatic carbocycles. The van der Waals surface area contributed by atoms with E-state index in [1.807, 2.05) is 19.1 Å². The van der Waals surface area contributed by atoms with E-state index in [2.05, 4.69) is 39.5 Å². The van der Waals surface area contributed by atoms with Crippen LogP contribution < -0.4 is 0 Å². The fraction of sp³-hybridized carbons (Fsp3) is 0.647. The van der Waals surface area contributed by atoms with E-state index in [0.717, 1.165) is 24.1 Å². The minimum absolute atomic E-state index is 0.0706. The van der Waals surface area contributed by atoms with Crippen molar-refractivity contribution in [3.05, 3.63) is 35.1 Å². The van der Waals surface area contributed by atoms with Crippen LogP contribution in [0.25, 0.3) is 0 Å². The Hall–Kier alpha value is -0.890. The quantitative estimate of drug-likeness (QED) is 0.717. The largest absolute Gasteiger partial charge is 0.299 e. The first-order valence-corrected chi connectivity index (χ1v) is 7.34. The van der Waals surface area contributed by atoms with Crippen molar-refractivity contribution in [2.24, 2.45) is 0 Å². The molecule has 1 rings (SSSR count). The summed E-state index contributed by atoms with van der Waals surface area (Å²) in [4.78, 5) is 2.46. The van der Waals surface area contributed by atoms with Crippen LogP contribution in [-0.4, -0.2) is 23.5 Å². The highest BCUT2D eigenvalue weighted by molar-refractivity contribution is 5.26. The van der Waals surface area contributed by atoms with Crippen LogP contribution in [0.5, 0.6) is 0 Å². The Labute approximate surface area is 117 Å². The third kappa shape index (κ3) is 4.61. The molecular weight excluding hydrogens is 237 g/mol. The van der Waals surface area contributed by atoms with Gasteiger partial charge in [-0.1, -0.05) is 24.6 Å². The second-order valence-electron chi connectivity index (χ2n) is 6.14. The van der Waals surface area contributed by atoms with Crippen LogP contribution in [0.4, 0.5) is 4.39 Å². The van der Waals surface area contributed by atoms with Gasteiger partial charge in [-0.15, -0.1) is 0 Å². The lowest BCUT2D eigenvalue weighted by Gasteiger charge is -2.31. The smallest absolute Gasteiger partial charge is 0.126 e. The molecule has 0 radical (unpaired) electrons. The molecule has 1 atom stereocenters. The molecule has 0 fully saturated rings. The van der Waals surface area contributed by atoms with Crippen molar-refractivity contribution in [3.63, 3.8) is 0 Å². The molecule has 0 heterocycles. The molecule has 0 aliphatic heterocycles. The number of halogens is 1. The van der Waals surface area contributed by atoms with E-state index in [1.54, 1.807) is 6.07 Å². The fourth-order valence-electron chi connectivity index (χ4n) is 2.65. The standard InChI is InChI=1S/C17H28FN/c1-12(2)19(13(3)4)10-9-15(6)16-11-14(5)7-8-17(16)18/h7-8,11-13,15H,9-10H2,1-6H3/t15-/m0/s1. The van der Waals surface area contributed by atoms with Crippen LogP contribution in [0, 0.1) is 12.7 Å². The van der Waals surface area contributed by atoms with Gasteiger partial charge in [0.05, 0.1) is 0 Å². The summed E-state index contributed by atoms with van der Waals surface area (Å²) >= 11 is 0. The molecular formula is C17H28FN. The Morgan fingerprint density at radius 3 is 2.16 bits per heavy atom. The molecule has 0 aliphatic rings. The number of rotatable bonds is 6. The number of hydrogen-bond donors (Lipinski definition) is 0. The van der Waals surface area contributed by atoms with Crippen LogP contribution in [-0.2, 0) is 0 Å². The van der Waals surface area contributed by atoms with E-state index in [4.69, 9.17) is 0 Å². The molecule has 0 bridgehead atoms. The van der Waals surface area contributed by atoms with Gasteiger partial charge < -0.3 is 0 Å². The maximum atomic E-state index is 13.8. The van der Waals surface area contributed by atoms with Gasteiger partial charge in [-0.2, -0.15) is 0 Å². The highest BCUT2D eigenvalue weighted by Crippen LogP contribution is 2.24. The lowest BCUT2D eigenvalue weighted by Crippen LogP contribution is -2.38. The monoisotopic (exact) mass is 265 g/mol. The summed E-state index contributed by atoms with van der Waals surface area (Å²) in [5.74, 6) is 0.193. The molecule has 0 unspecified atom stereocenters. The average Bonchev–Trinajstić information content (AvgIpc) is 2.31. The second kappa shape index (κ2) is 7.04. The van der Waals surface area contributed by atoms with Crippen LogP contribution >= 0.6 is 0 Å². The van der Waals surface area contributed by atoms with Crippen molar-refractivity contribution < 1.29 is 4.39 Å². The third-order valence-corrected chi connectivity index (χ3v) is 3.83. The zero-order chi connectivity index (χ0) is 14.6. The molecule has 1 nitrogen and oxygen atoms in total. The lowest BCUT2D eigenvalue weighted by molar-refractivity contribution is 0.169.